The van der Waals surface area contributed by atoms with Crippen LogP contribution in [0.25, 0.3) is 0 Å². The highest BCUT2D eigenvalue weighted by Crippen LogP contribution is 2.18. The maximum Gasteiger partial charge on any atom is 0.239 e. The summed E-state index contributed by atoms with van der Waals surface area (Å²) in [6.07, 6.45) is 1.65. The predicted molar refractivity (Wildman–Crippen MR) is 81.1 cm³/mol. The zero-order valence-corrected chi connectivity index (χ0v) is 13.2. The highest BCUT2D eigenvalue weighted by atomic mass is 16.5. The molecule has 2 heterocycles. The molecule has 0 spiro atoms. The van der Waals surface area contributed by atoms with Gasteiger partial charge in [-0.1, -0.05) is 13.8 Å². The molecular weight excluding hydrogens is 268 g/mol. The van der Waals surface area contributed by atoms with Crippen LogP contribution in [0, 0.1) is 0 Å². The largest absolute Gasteiger partial charge is 0.464 e. The van der Waals surface area contributed by atoms with Crippen molar-refractivity contribution in [3.63, 3.8) is 0 Å². The van der Waals surface area contributed by atoms with Crippen LogP contribution in [-0.4, -0.2) is 43.2 Å². The first-order chi connectivity index (χ1) is 10.2. The molecule has 1 N–H and O–H groups in total. The van der Waals surface area contributed by atoms with Gasteiger partial charge >= 0.3 is 0 Å². The van der Waals surface area contributed by atoms with E-state index in [1.54, 1.807) is 0 Å². The molecule has 2 atom stereocenters. The van der Waals surface area contributed by atoms with Crippen LogP contribution in [0.15, 0.2) is 16.5 Å². The number of carbonyl (C=O) groups excluding carboxylic acids is 1. The number of morpholine rings is 1. The lowest BCUT2D eigenvalue weighted by Gasteiger charge is -2.31. The predicted octanol–water partition coefficient (Wildman–Crippen LogP) is 2.13. The summed E-state index contributed by atoms with van der Waals surface area (Å²) in [5.41, 5.74) is 0. The van der Waals surface area contributed by atoms with Gasteiger partial charge in [0.25, 0.3) is 0 Å². The average molecular weight is 294 g/mol. The molecule has 0 radical (unpaired) electrons. The van der Waals surface area contributed by atoms with Gasteiger partial charge in [0.2, 0.25) is 5.91 Å². The zero-order chi connectivity index (χ0) is 15.2. The van der Waals surface area contributed by atoms with Crippen LogP contribution < -0.4 is 5.32 Å². The molecule has 0 bridgehead atoms. The Bertz CT molecular complexity index is 452. The summed E-state index contributed by atoms with van der Waals surface area (Å²) in [6.45, 7) is 8.77. The molecule has 2 rings (SSSR count). The van der Waals surface area contributed by atoms with Gasteiger partial charge in [-0.15, -0.1) is 0 Å². The van der Waals surface area contributed by atoms with Crippen LogP contribution in [0.4, 0.5) is 0 Å². The quantitative estimate of drug-likeness (QED) is 0.873. The molecule has 1 amide bonds. The number of nitrogens with one attached hydrogen (secondary N) is 1. The highest BCUT2D eigenvalue weighted by molar-refractivity contribution is 5.82. The maximum absolute atomic E-state index is 12.5. The molecule has 5 heteroatoms. The molecule has 21 heavy (non-hydrogen) atoms. The summed E-state index contributed by atoms with van der Waals surface area (Å²) in [7, 11) is 0. The van der Waals surface area contributed by atoms with Gasteiger partial charge in [0.1, 0.15) is 11.5 Å². The Morgan fingerprint density at radius 2 is 2.05 bits per heavy atom. The normalized spacial score (nSPS) is 18.5. The molecule has 118 valence electrons. The summed E-state index contributed by atoms with van der Waals surface area (Å²) in [5, 5.41) is 3.39. The number of rotatable bonds is 6. The van der Waals surface area contributed by atoms with Gasteiger partial charge in [0.15, 0.2) is 0 Å². The summed E-state index contributed by atoms with van der Waals surface area (Å²) in [5.74, 6) is 2.03. The Balaban J connectivity index is 1.95. The van der Waals surface area contributed by atoms with E-state index < -0.39 is 0 Å². The molecule has 1 aliphatic heterocycles. The maximum atomic E-state index is 12.5. The molecular formula is C16H26N2O3. The van der Waals surface area contributed by atoms with Gasteiger partial charge in [-0.3, -0.25) is 10.1 Å². The number of amides is 1. The lowest BCUT2D eigenvalue weighted by molar-refractivity contribution is -0.137. The van der Waals surface area contributed by atoms with Crippen molar-refractivity contribution in [1.29, 1.82) is 0 Å². The molecule has 1 aromatic heterocycles. The van der Waals surface area contributed by atoms with E-state index in [0.29, 0.717) is 26.3 Å². The number of ether oxygens (including phenoxy) is 1. The van der Waals surface area contributed by atoms with E-state index in [1.807, 2.05) is 30.9 Å². The van der Waals surface area contributed by atoms with Crippen molar-refractivity contribution in [2.75, 3.05) is 26.3 Å². The smallest absolute Gasteiger partial charge is 0.239 e. The minimum atomic E-state index is -0.173. The van der Waals surface area contributed by atoms with Crippen LogP contribution >= 0.6 is 0 Å². The van der Waals surface area contributed by atoms with Crippen molar-refractivity contribution >= 4 is 5.91 Å². The second kappa shape index (κ2) is 7.61. The molecule has 0 saturated carbocycles. The Hall–Kier alpha value is -1.33. The van der Waals surface area contributed by atoms with E-state index in [1.165, 1.54) is 0 Å². The van der Waals surface area contributed by atoms with Crippen LogP contribution in [0.1, 0.15) is 44.8 Å². The van der Waals surface area contributed by atoms with E-state index >= 15 is 0 Å². The minimum absolute atomic E-state index is 0.0280. The molecule has 5 nitrogen and oxygen atoms in total. The van der Waals surface area contributed by atoms with Gasteiger partial charge in [-0.05, 0) is 25.5 Å². The highest BCUT2D eigenvalue weighted by Gasteiger charge is 2.26. The number of nitrogens with zero attached hydrogens (tertiary/aromatic N) is 1. The fourth-order valence-corrected chi connectivity index (χ4v) is 2.57. The molecule has 1 saturated heterocycles. The third-order valence-electron chi connectivity index (χ3n) is 3.94. The SMILES string of the molecule is CCc1ccc([C@H](C)N[C@@H](CC)C(=O)N2CCOCC2)o1. The minimum Gasteiger partial charge on any atom is -0.464 e. The van der Waals surface area contributed by atoms with Crippen LogP contribution in [0.5, 0.6) is 0 Å². The number of hydrogen-bond donors (Lipinski definition) is 1. The second-order valence-corrected chi connectivity index (χ2v) is 5.44. The fraction of sp³-hybridized carbons (Fsp3) is 0.688. The van der Waals surface area contributed by atoms with Crippen molar-refractivity contribution in [2.24, 2.45) is 0 Å². The Kier molecular flexibility index (Phi) is 5.82. The third-order valence-corrected chi connectivity index (χ3v) is 3.94. The van der Waals surface area contributed by atoms with E-state index in [4.69, 9.17) is 9.15 Å². The van der Waals surface area contributed by atoms with Crippen molar-refractivity contribution < 1.29 is 13.9 Å². The standard InChI is InChI=1S/C16H26N2O3/c1-4-13-6-7-15(21-13)12(3)17-14(5-2)16(19)18-8-10-20-11-9-18/h6-7,12,14,17H,4-5,8-11H2,1-3H3/t12-,14-/m0/s1. The average Bonchev–Trinajstić information content (AvgIpc) is 3.01. The zero-order valence-electron chi connectivity index (χ0n) is 13.2. The summed E-state index contributed by atoms with van der Waals surface area (Å²) < 4.78 is 11.1. The number of furan rings is 1. The summed E-state index contributed by atoms with van der Waals surface area (Å²) in [6, 6.07) is 3.84. The first kappa shape index (κ1) is 16.0. The van der Waals surface area contributed by atoms with Crippen LogP contribution in [0.2, 0.25) is 0 Å². The second-order valence-electron chi connectivity index (χ2n) is 5.44. The van der Waals surface area contributed by atoms with Gasteiger partial charge in [0.05, 0.1) is 25.3 Å². The van der Waals surface area contributed by atoms with Crippen molar-refractivity contribution in [3.8, 4) is 0 Å². The van der Waals surface area contributed by atoms with Gasteiger partial charge < -0.3 is 14.1 Å². The van der Waals surface area contributed by atoms with E-state index in [-0.39, 0.29) is 18.0 Å². The first-order valence-corrected chi connectivity index (χ1v) is 7.86. The van der Waals surface area contributed by atoms with Gasteiger partial charge in [0, 0.05) is 19.5 Å². The molecule has 0 aliphatic carbocycles. The van der Waals surface area contributed by atoms with Gasteiger partial charge in [-0.25, -0.2) is 0 Å². The van der Waals surface area contributed by atoms with Crippen molar-refractivity contribution in [3.05, 3.63) is 23.7 Å². The molecule has 1 fully saturated rings. The molecule has 1 aliphatic rings. The van der Waals surface area contributed by atoms with Gasteiger partial charge in [-0.2, -0.15) is 0 Å². The number of hydrogen-bond acceptors (Lipinski definition) is 4. The van der Waals surface area contributed by atoms with E-state index in [0.717, 1.165) is 24.4 Å². The molecule has 0 unspecified atom stereocenters. The molecule has 1 aromatic rings. The van der Waals surface area contributed by atoms with Crippen molar-refractivity contribution in [2.45, 2.75) is 45.7 Å². The van der Waals surface area contributed by atoms with Crippen LogP contribution in [0.3, 0.4) is 0 Å². The Morgan fingerprint density at radius 3 is 2.62 bits per heavy atom. The number of aryl methyl sites for hydroxylation is 1. The topological polar surface area (TPSA) is 54.7 Å². The summed E-state index contributed by atoms with van der Waals surface area (Å²) >= 11 is 0. The number of carbonyl (C=O) groups is 1. The first-order valence-electron chi connectivity index (χ1n) is 7.86. The third kappa shape index (κ3) is 4.08. The van der Waals surface area contributed by atoms with Crippen LogP contribution in [-0.2, 0) is 16.0 Å². The van der Waals surface area contributed by atoms with E-state index in [2.05, 4.69) is 12.2 Å². The Labute approximate surface area is 126 Å². The van der Waals surface area contributed by atoms with Crippen molar-refractivity contribution in [1.82, 2.24) is 10.2 Å². The lowest BCUT2D eigenvalue weighted by atomic mass is 10.1. The fourth-order valence-electron chi connectivity index (χ4n) is 2.57. The monoisotopic (exact) mass is 294 g/mol. The lowest BCUT2D eigenvalue weighted by Crippen LogP contribution is -2.50. The summed E-state index contributed by atoms with van der Waals surface area (Å²) in [4.78, 5) is 14.4. The van der Waals surface area contributed by atoms with E-state index in [9.17, 15) is 4.79 Å². The molecule has 0 aromatic carbocycles. The Morgan fingerprint density at radius 1 is 1.33 bits per heavy atom.